The highest BCUT2D eigenvalue weighted by Gasteiger charge is 2.46. The number of carbonyl (C=O) groups is 2. The Kier molecular flexibility index (Phi) is 66.4. The first-order valence-corrected chi connectivity index (χ1v) is 54.6. The lowest BCUT2D eigenvalue weighted by atomic mass is 9.58. The van der Waals surface area contributed by atoms with Gasteiger partial charge in [-0.25, -0.2) is 0 Å². The van der Waals surface area contributed by atoms with Crippen LogP contribution in [-0.4, -0.2) is 23.9 Å². The second-order valence-electron chi connectivity index (χ2n) is 43.9. The molecule has 13 aliphatic rings. The number of rotatable bonds is 33. The van der Waals surface area contributed by atoms with E-state index in [2.05, 4.69) is 52.2 Å². The summed E-state index contributed by atoms with van der Waals surface area (Å²) in [5.41, 5.74) is 0. The monoisotopic (exact) mass is 1720 g/mol. The molecule has 13 saturated carbocycles. The molecular formula is C110H216N2O2P4. The van der Waals surface area contributed by atoms with Crippen LogP contribution < -0.4 is 10.6 Å². The van der Waals surface area contributed by atoms with Crippen LogP contribution in [0.1, 0.15) is 568 Å². The van der Waals surface area contributed by atoms with Crippen LogP contribution in [0.5, 0.6) is 0 Å². The van der Waals surface area contributed by atoms with Crippen LogP contribution in [0, 0.1) is 107 Å². The van der Waals surface area contributed by atoms with Gasteiger partial charge in [-0.1, -0.05) is 395 Å². The average Bonchev–Trinajstić information content (AvgIpc) is 0.779. The van der Waals surface area contributed by atoms with Gasteiger partial charge in [0.1, 0.15) is 0 Å². The molecule has 11 unspecified atom stereocenters. The van der Waals surface area contributed by atoms with E-state index in [9.17, 15) is 9.59 Å². The topological polar surface area (TPSA) is 58.2 Å². The highest BCUT2D eigenvalue weighted by atomic mass is 31.0. The fourth-order valence-corrected chi connectivity index (χ4v) is 27.0. The first-order chi connectivity index (χ1) is 56.0. The van der Waals surface area contributed by atoms with Gasteiger partial charge >= 0.3 is 0 Å². The molecule has 0 radical (unpaired) electrons. The second kappa shape index (κ2) is 70.5. The average molecular weight is 1720 g/mol. The molecule has 0 heterocycles. The number of hydrogen-bond donors (Lipinski definition) is 2. The number of hydrogen-bond acceptors (Lipinski definition) is 2. The van der Waals surface area contributed by atoms with E-state index in [4.69, 9.17) is 0 Å². The Balaban J connectivity index is 0.000000713. The van der Waals surface area contributed by atoms with Crippen molar-refractivity contribution in [3.63, 3.8) is 0 Å². The Morgan fingerprint density at radius 3 is 0.720 bits per heavy atom. The summed E-state index contributed by atoms with van der Waals surface area (Å²) in [7, 11) is 0. The van der Waals surface area contributed by atoms with E-state index < -0.39 is 0 Å². The molecule has 0 aromatic rings. The molecule has 13 rings (SSSR count). The van der Waals surface area contributed by atoms with E-state index in [-0.39, 0.29) is 51.7 Å². The SMILES string of the molecule is C1CCCCC1.C1CCCCC1.C1CCCCC1.C1CCCCC1.C1CCCCC1.CCCCCCCCCCC[C@H](C)CC(=O)NC1CC(C2CC(C3CCC(C4CCC(C5CCC(C6CCC(C7CCC(C8CCCCC8)CC7)CC6)CC5)CC4)CC3)C(C)CC2NC(=O)C[C@@H](C)CCCCCCCCCCC)CCC1C.P.P.P.P. The Morgan fingerprint density at radius 1 is 0.229 bits per heavy atom. The molecule has 0 aromatic heterocycles. The van der Waals surface area contributed by atoms with Gasteiger partial charge in [-0.3, -0.25) is 9.59 Å². The predicted octanol–water partition coefficient (Wildman–Crippen LogP) is 35.5. The van der Waals surface area contributed by atoms with Gasteiger partial charge in [-0.05, 0) is 267 Å². The molecular weight excluding hydrogens is 1510 g/mol. The Labute approximate surface area is 753 Å². The van der Waals surface area contributed by atoms with Gasteiger partial charge in [-0.2, -0.15) is 39.6 Å². The third kappa shape index (κ3) is 46.3. The van der Waals surface area contributed by atoms with Crippen LogP contribution in [0.4, 0.5) is 0 Å². The largest absolute Gasteiger partial charge is 0.353 e. The Bertz CT molecular complexity index is 2130. The van der Waals surface area contributed by atoms with Crippen molar-refractivity contribution < 1.29 is 9.59 Å². The molecule has 2 N–H and O–H groups in total. The van der Waals surface area contributed by atoms with Crippen molar-refractivity contribution in [2.45, 2.75) is 580 Å². The highest BCUT2D eigenvalue weighted by molar-refractivity contribution is 6.92. The molecule has 13 aliphatic carbocycles. The van der Waals surface area contributed by atoms with E-state index in [1.807, 2.05) is 0 Å². The van der Waals surface area contributed by atoms with Gasteiger partial charge in [0.2, 0.25) is 11.8 Å². The van der Waals surface area contributed by atoms with Crippen molar-refractivity contribution in [2.24, 2.45) is 107 Å². The van der Waals surface area contributed by atoms with Crippen LogP contribution in [0.3, 0.4) is 0 Å². The fourth-order valence-electron chi connectivity index (χ4n) is 27.0. The molecule has 0 aromatic carbocycles. The quantitative estimate of drug-likeness (QED) is 0.0508. The maximum Gasteiger partial charge on any atom is 0.220 e. The predicted molar refractivity (Wildman–Crippen MR) is 544 cm³/mol. The summed E-state index contributed by atoms with van der Waals surface area (Å²) < 4.78 is 0. The molecule has 0 aliphatic heterocycles. The van der Waals surface area contributed by atoms with E-state index in [0.717, 1.165) is 83.9 Å². The lowest BCUT2D eigenvalue weighted by molar-refractivity contribution is -0.124. The van der Waals surface area contributed by atoms with Crippen LogP contribution in [0.25, 0.3) is 0 Å². The molecule has 4 nitrogen and oxygen atoms in total. The molecule has 8 heteroatoms. The van der Waals surface area contributed by atoms with Crippen LogP contribution in [-0.2, 0) is 9.59 Å². The van der Waals surface area contributed by atoms with E-state index in [1.54, 1.807) is 103 Å². The second-order valence-corrected chi connectivity index (χ2v) is 43.9. The number of unbranched alkanes of at least 4 members (excludes halogenated alkanes) is 16. The summed E-state index contributed by atoms with van der Waals surface area (Å²) in [5, 5.41) is 7.48. The zero-order valence-electron chi connectivity index (χ0n) is 81.2. The van der Waals surface area contributed by atoms with Crippen molar-refractivity contribution in [2.75, 3.05) is 0 Å². The van der Waals surface area contributed by atoms with Crippen molar-refractivity contribution in [3.05, 3.63) is 0 Å². The van der Waals surface area contributed by atoms with Crippen LogP contribution in [0.2, 0.25) is 0 Å². The standard InChI is InChI=1S/C80H144N2O2.5C6H12.4H3P/c1-7-9-11-13-15-17-19-21-24-28-59(3)54-79(83)81-77-57-74(33-32-61(77)5)76-58-75(62(6)56-78(76)82-80(84)55-60(4)29-25-22-20-18-16-14-12-10-8-2)73-52-50-72(51-53-73)71-48-46-70(47-49-71)69-44-42-68(43-45-69)67-40-38-66(39-41-67)65-36-34-64(35-37-65)63-30-26-23-27-31-63;5*1-2-4-6-5-3-1;;;;/h59-78H,7-58H2,1-6H3,(H,81,83)(H,82,84);5*1-6H2;4*1H3/t59-,60-,61?,62?,64?,65?,66?,67?,68?,69?,70?,71?,72?,73?,74?,75?,76?,77?,78?;;;;;;;;;/m0........./s1. The number of carbonyl (C=O) groups excluding carboxylic acids is 2. The highest BCUT2D eigenvalue weighted by Crippen LogP contribution is 2.54. The first-order valence-electron chi connectivity index (χ1n) is 54.6. The summed E-state index contributed by atoms with van der Waals surface area (Å²) in [6.45, 7) is 14.3. The minimum atomic E-state index is 0. The van der Waals surface area contributed by atoms with Gasteiger partial charge in [-0.15, -0.1) is 0 Å². The van der Waals surface area contributed by atoms with Crippen molar-refractivity contribution in [1.29, 1.82) is 0 Å². The molecule has 2 amide bonds. The van der Waals surface area contributed by atoms with E-state index in [1.165, 1.54) is 398 Å². The van der Waals surface area contributed by atoms with Gasteiger partial charge in [0.05, 0.1) is 0 Å². The zero-order chi connectivity index (χ0) is 80.1. The number of nitrogens with one attached hydrogen (secondary N) is 2. The fraction of sp³-hybridized carbons (Fsp3) is 0.982. The summed E-state index contributed by atoms with van der Waals surface area (Å²) in [6, 6.07) is 0.545. The maximum atomic E-state index is 14.1. The normalized spacial score (nSPS) is 32.0. The molecule has 0 bridgehead atoms. The van der Waals surface area contributed by atoms with Crippen molar-refractivity contribution in [3.8, 4) is 0 Å². The third-order valence-corrected chi connectivity index (χ3v) is 34.8. The Hall–Kier alpha value is 0.660. The molecule has 0 spiro atoms. The summed E-state index contributed by atoms with van der Waals surface area (Å²) in [6.07, 6.45) is 118. The number of amides is 2. The molecule has 13 atom stereocenters. The summed E-state index contributed by atoms with van der Waals surface area (Å²) >= 11 is 0. The van der Waals surface area contributed by atoms with Gasteiger partial charge in [0.25, 0.3) is 0 Å². The maximum absolute atomic E-state index is 14.1. The van der Waals surface area contributed by atoms with Crippen molar-refractivity contribution >= 4 is 51.4 Å². The van der Waals surface area contributed by atoms with E-state index in [0.29, 0.717) is 60.2 Å². The van der Waals surface area contributed by atoms with Crippen LogP contribution in [0.15, 0.2) is 0 Å². The lowest BCUT2D eigenvalue weighted by Crippen LogP contribution is -2.52. The summed E-state index contributed by atoms with van der Waals surface area (Å²) in [4.78, 5) is 27.9. The molecule has 0 saturated heterocycles. The molecule has 13 fully saturated rings. The molecule has 698 valence electrons. The van der Waals surface area contributed by atoms with E-state index >= 15 is 0 Å². The summed E-state index contributed by atoms with van der Waals surface area (Å²) in [5.74, 6) is 16.0. The third-order valence-electron chi connectivity index (χ3n) is 34.8. The first kappa shape index (κ1) is 111. The van der Waals surface area contributed by atoms with Crippen LogP contribution >= 0.6 is 39.6 Å². The minimum absolute atomic E-state index is 0. The zero-order valence-corrected chi connectivity index (χ0v) is 86.8. The Morgan fingerprint density at radius 2 is 0.449 bits per heavy atom. The van der Waals surface area contributed by atoms with Gasteiger partial charge < -0.3 is 10.6 Å². The smallest absolute Gasteiger partial charge is 0.220 e. The lowest BCUT2D eigenvalue weighted by Gasteiger charge is -2.50. The van der Waals surface area contributed by atoms with Gasteiger partial charge in [0.15, 0.2) is 0 Å². The minimum Gasteiger partial charge on any atom is -0.353 e. The van der Waals surface area contributed by atoms with Gasteiger partial charge in [0, 0.05) is 24.9 Å². The van der Waals surface area contributed by atoms with Crippen molar-refractivity contribution in [1.82, 2.24) is 10.6 Å². The molecule has 118 heavy (non-hydrogen) atoms.